The molecule has 4 heteroatoms. The van der Waals surface area contributed by atoms with Crippen LogP contribution in [0.25, 0.3) is 0 Å². The molecule has 1 aromatic rings. The summed E-state index contributed by atoms with van der Waals surface area (Å²) < 4.78 is 2.34. The number of nitrogens with zero attached hydrogens (tertiary/aromatic N) is 2. The molecule has 94 valence electrons. The first-order valence-electron chi connectivity index (χ1n) is 6.62. The lowest BCUT2D eigenvalue weighted by atomic mass is 10.0. The summed E-state index contributed by atoms with van der Waals surface area (Å²) in [6.45, 7) is 0.950. The summed E-state index contributed by atoms with van der Waals surface area (Å²) in [5.41, 5.74) is 1.22. The van der Waals surface area contributed by atoms with E-state index in [-0.39, 0.29) is 6.10 Å². The van der Waals surface area contributed by atoms with Crippen molar-refractivity contribution in [3.8, 4) is 0 Å². The number of aliphatic hydroxyl groups is 1. The average Bonchev–Trinajstić information content (AvgIpc) is 2.73. The van der Waals surface area contributed by atoms with Crippen molar-refractivity contribution in [2.24, 2.45) is 5.92 Å². The zero-order valence-corrected chi connectivity index (χ0v) is 11.0. The molecule has 0 aliphatic carbocycles. The van der Waals surface area contributed by atoms with E-state index in [9.17, 15) is 5.11 Å². The zero-order valence-electron chi connectivity index (χ0n) is 10.1. The molecule has 1 fully saturated rings. The quantitative estimate of drug-likeness (QED) is 0.873. The van der Waals surface area contributed by atoms with Crippen molar-refractivity contribution in [2.45, 2.75) is 44.8 Å². The van der Waals surface area contributed by atoms with Gasteiger partial charge in [0.1, 0.15) is 5.82 Å². The molecule has 0 bridgehead atoms. The number of aromatic nitrogens is 2. The van der Waals surface area contributed by atoms with Crippen LogP contribution in [-0.2, 0) is 19.4 Å². The number of imidazole rings is 1. The molecule has 0 aromatic carbocycles. The predicted octanol–water partition coefficient (Wildman–Crippen LogP) is 1.88. The van der Waals surface area contributed by atoms with Crippen LogP contribution in [0.2, 0.25) is 0 Å². The molecule has 1 saturated heterocycles. The highest BCUT2D eigenvalue weighted by atomic mass is 32.2. The average molecular weight is 252 g/mol. The molecule has 0 saturated carbocycles. The van der Waals surface area contributed by atoms with E-state index in [0.717, 1.165) is 31.7 Å². The molecule has 1 N–H and O–H groups in total. The number of thioether (sulfide) groups is 1. The third-order valence-corrected chi connectivity index (χ3v) is 5.16. The topological polar surface area (TPSA) is 38.0 Å². The van der Waals surface area contributed by atoms with E-state index in [1.54, 1.807) is 0 Å². The van der Waals surface area contributed by atoms with E-state index >= 15 is 0 Å². The molecule has 3 rings (SSSR count). The summed E-state index contributed by atoms with van der Waals surface area (Å²) in [6, 6.07) is 0. The predicted molar refractivity (Wildman–Crippen MR) is 70.3 cm³/mol. The van der Waals surface area contributed by atoms with Crippen LogP contribution in [0.5, 0.6) is 0 Å². The van der Waals surface area contributed by atoms with Crippen molar-refractivity contribution in [3.63, 3.8) is 0 Å². The van der Waals surface area contributed by atoms with Crippen molar-refractivity contribution >= 4 is 11.8 Å². The van der Waals surface area contributed by atoms with E-state index in [1.807, 2.05) is 6.20 Å². The minimum Gasteiger partial charge on any atom is -0.393 e. The van der Waals surface area contributed by atoms with Crippen molar-refractivity contribution in [1.29, 1.82) is 0 Å². The molecule has 0 spiro atoms. The van der Waals surface area contributed by atoms with E-state index in [1.165, 1.54) is 35.9 Å². The number of aliphatic hydroxyl groups excluding tert-OH is 1. The monoisotopic (exact) mass is 252 g/mol. The highest BCUT2D eigenvalue weighted by Gasteiger charge is 2.22. The molecule has 2 atom stereocenters. The Labute approximate surface area is 107 Å². The second-order valence-corrected chi connectivity index (χ2v) is 6.40. The maximum atomic E-state index is 9.64. The van der Waals surface area contributed by atoms with Crippen LogP contribution in [-0.4, -0.2) is 32.3 Å². The van der Waals surface area contributed by atoms with E-state index in [0.29, 0.717) is 0 Å². The summed E-state index contributed by atoms with van der Waals surface area (Å²) in [5, 5.41) is 9.64. The van der Waals surface area contributed by atoms with Crippen LogP contribution in [0.15, 0.2) is 6.20 Å². The molecule has 2 aliphatic heterocycles. The first-order valence-corrected chi connectivity index (χ1v) is 7.77. The second kappa shape index (κ2) is 5.02. The molecule has 17 heavy (non-hydrogen) atoms. The fraction of sp³-hybridized carbons (Fsp3) is 0.769. The third-order valence-electron chi connectivity index (χ3n) is 3.88. The Bertz CT molecular complexity index is 385. The highest BCUT2D eigenvalue weighted by molar-refractivity contribution is 7.99. The van der Waals surface area contributed by atoms with Crippen LogP contribution < -0.4 is 0 Å². The van der Waals surface area contributed by atoms with Crippen molar-refractivity contribution in [3.05, 3.63) is 17.7 Å². The molecule has 2 aliphatic rings. The number of hydrogen-bond donors (Lipinski definition) is 1. The Kier molecular flexibility index (Phi) is 3.43. The first-order chi connectivity index (χ1) is 8.33. The lowest BCUT2D eigenvalue weighted by Crippen LogP contribution is -2.25. The zero-order chi connectivity index (χ0) is 11.7. The van der Waals surface area contributed by atoms with Crippen LogP contribution in [0, 0.1) is 5.92 Å². The molecule has 1 aromatic heterocycles. The summed E-state index contributed by atoms with van der Waals surface area (Å²) in [4.78, 5) is 4.57. The number of rotatable bonds is 2. The SMILES string of the molecule is OC1CCn2c(cnc2CC2CCCSC2)C1. The Hall–Kier alpha value is -0.480. The molecule has 0 radical (unpaired) electrons. The van der Waals surface area contributed by atoms with E-state index in [2.05, 4.69) is 21.3 Å². The Morgan fingerprint density at radius 1 is 1.47 bits per heavy atom. The van der Waals surface area contributed by atoms with Crippen LogP contribution in [0.3, 0.4) is 0 Å². The molecule has 0 amide bonds. The highest BCUT2D eigenvalue weighted by Crippen LogP contribution is 2.26. The van der Waals surface area contributed by atoms with Crippen LogP contribution in [0.4, 0.5) is 0 Å². The summed E-state index contributed by atoms with van der Waals surface area (Å²) in [6.07, 6.45) is 7.33. The van der Waals surface area contributed by atoms with Crippen LogP contribution in [0.1, 0.15) is 30.8 Å². The van der Waals surface area contributed by atoms with Gasteiger partial charge in [-0.1, -0.05) is 0 Å². The summed E-state index contributed by atoms with van der Waals surface area (Å²) in [5.74, 6) is 4.69. The minimum absolute atomic E-state index is 0.155. The lowest BCUT2D eigenvalue weighted by molar-refractivity contribution is 0.142. The lowest BCUT2D eigenvalue weighted by Gasteiger charge is -2.24. The smallest absolute Gasteiger partial charge is 0.109 e. The first kappa shape index (κ1) is 11.6. The third kappa shape index (κ3) is 2.52. The van der Waals surface area contributed by atoms with Gasteiger partial charge in [-0.3, -0.25) is 0 Å². The van der Waals surface area contributed by atoms with Crippen molar-refractivity contribution < 1.29 is 5.11 Å². The van der Waals surface area contributed by atoms with E-state index in [4.69, 9.17) is 0 Å². The molecule has 2 unspecified atom stereocenters. The minimum atomic E-state index is -0.155. The van der Waals surface area contributed by atoms with Gasteiger partial charge >= 0.3 is 0 Å². The molecular formula is C13H20N2OS. The Morgan fingerprint density at radius 3 is 3.24 bits per heavy atom. The Balaban J connectivity index is 1.71. The normalized spacial score (nSPS) is 29.0. The van der Waals surface area contributed by atoms with Gasteiger partial charge in [0.2, 0.25) is 0 Å². The molecule has 3 nitrogen and oxygen atoms in total. The standard InChI is InChI=1S/C13H20N2OS/c16-12-3-4-15-11(7-12)8-14-13(15)6-10-2-1-5-17-9-10/h8,10,12,16H,1-7,9H2. The van der Waals surface area contributed by atoms with Gasteiger partial charge in [0.15, 0.2) is 0 Å². The number of fused-ring (bicyclic) bond motifs is 1. The van der Waals surface area contributed by atoms with Gasteiger partial charge in [0.25, 0.3) is 0 Å². The molecular weight excluding hydrogens is 232 g/mol. The van der Waals surface area contributed by atoms with Gasteiger partial charge in [0.05, 0.1) is 6.10 Å². The molecule has 3 heterocycles. The van der Waals surface area contributed by atoms with Gasteiger partial charge < -0.3 is 9.67 Å². The fourth-order valence-corrected chi connectivity index (χ4v) is 4.06. The summed E-state index contributed by atoms with van der Waals surface area (Å²) >= 11 is 2.09. The van der Waals surface area contributed by atoms with Gasteiger partial charge in [-0.25, -0.2) is 4.98 Å². The summed E-state index contributed by atoms with van der Waals surface area (Å²) in [7, 11) is 0. The van der Waals surface area contributed by atoms with Crippen molar-refractivity contribution in [1.82, 2.24) is 9.55 Å². The van der Waals surface area contributed by atoms with Crippen LogP contribution >= 0.6 is 11.8 Å². The van der Waals surface area contributed by atoms with Gasteiger partial charge in [-0.05, 0) is 36.7 Å². The van der Waals surface area contributed by atoms with Gasteiger partial charge in [0, 0.05) is 31.3 Å². The Morgan fingerprint density at radius 2 is 2.41 bits per heavy atom. The van der Waals surface area contributed by atoms with Gasteiger partial charge in [-0.2, -0.15) is 11.8 Å². The maximum Gasteiger partial charge on any atom is 0.109 e. The number of hydrogen-bond acceptors (Lipinski definition) is 3. The van der Waals surface area contributed by atoms with Gasteiger partial charge in [-0.15, -0.1) is 0 Å². The largest absolute Gasteiger partial charge is 0.393 e. The van der Waals surface area contributed by atoms with Crippen molar-refractivity contribution in [2.75, 3.05) is 11.5 Å². The van der Waals surface area contributed by atoms with E-state index < -0.39 is 0 Å². The fourth-order valence-electron chi connectivity index (χ4n) is 2.90. The maximum absolute atomic E-state index is 9.64. The second-order valence-electron chi connectivity index (χ2n) is 5.25.